The summed E-state index contributed by atoms with van der Waals surface area (Å²) in [6, 6.07) is 15.1. The lowest BCUT2D eigenvalue weighted by atomic mass is 10.1. The summed E-state index contributed by atoms with van der Waals surface area (Å²) in [5.74, 6) is 6.23. The lowest BCUT2D eigenvalue weighted by molar-refractivity contribution is 0.610. The van der Waals surface area contributed by atoms with Gasteiger partial charge in [0.15, 0.2) is 0 Å². The maximum Gasteiger partial charge on any atom is 0.123 e. The molecule has 20 heavy (non-hydrogen) atoms. The van der Waals surface area contributed by atoms with Gasteiger partial charge in [-0.1, -0.05) is 31.2 Å². The van der Waals surface area contributed by atoms with E-state index in [1.54, 1.807) is 23.9 Å². The molecule has 0 spiro atoms. The molecule has 1 unspecified atom stereocenters. The van der Waals surface area contributed by atoms with Gasteiger partial charge in [0.2, 0.25) is 0 Å². The predicted molar refractivity (Wildman–Crippen MR) is 83.0 cm³/mol. The highest BCUT2D eigenvalue weighted by Crippen LogP contribution is 2.24. The van der Waals surface area contributed by atoms with E-state index in [9.17, 15) is 4.39 Å². The molecule has 4 heteroatoms. The molecule has 2 nitrogen and oxygen atoms in total. The third kappa shape index (κ3) is 4.07. The fourth-order valence-electron chi connectivity index (χ4n) is 1.94. The molecule has 2 aromatic carbocycles. The minimum Gasteiger partial charge on any atom is -0.271 e. The average Bonchev–Trinajstić information content (AvgIpc) is 2.50. The van der Waals surface area contributed by atoms with Crippen molar-refractivity contribution in [1.29, 1.82) is 0 Å². The molecule has 0 heterocycles. The number of aryl methyl sites for hydroxylation is 1. The number of benzene rings is 2. The van der Waals surface area contributed by atoms with Crippen molar-refractivity contribution in [3.05, 3.63) is 65.5 Å². The molecule has 0 saturated heterocycles. The number of rotatable bonds is 6. The van der Waals surface area contributed by atoms with Gasteiger partial charge in [-0.2, -0.15) is 0 Å². The summed E-state index contributed by atoms with van der Waals surface area (Å²) in [4.78, 5) is 1.04. The number of hydrogen-bond donors (Lipinski definition) is 2. The van der Waals surface area contributed by atoms with Gasteiger partial charge in [0.25, 0.3) is 0 Å². The Hall–Kier alpha value is -1.36. The van der Waals surface area contributed by atoms with E-state index in [4.69, 9.17) is 5.84 Å². The molecule has 0 bridgehead atoms. The lowest BCUT2D eigenvalue weighted by Crippen LogP contribution is -2.29. The second-order valence-electron chi connectivity index (χ2n) is 4.58. The van der Waals surface area contributed by atoms with E-state index >= 15 is 0 Å². The average molecular weight is 290 g/mol. The van der Waals surface area contributed by atoms with Crippen LogP contribution in [0.4, 0.5) is 4.39 Å². The molecular weight excluding hydrogens is 271 g/mol. The van der Waals surface area contributed by atoms with Crippen LogP contribution in [0.2, 0.25) is 0 Å². The minimum atomic E-state index is -0.210. The Morgan fingerprint density at radius 3 is 2.30 bits per heavy atom. The van der Waals surface area contributed by atoms with Gasteiger partial charge < -0.3 is 0 Å². The van der Waals surface area contributed by atoms with Crippen molar-refractivity contribution < 1.29 is 4.39 Å². The van der Waals surface area contributed by atoms with Crippen molar-refractivity contribution in [3.63, 3.8) is 0 Å². The summed E-state index contributed by atoms with van der Waals surface area (Å²) in [6.07, 6.45) is 1.03. The lowest BCUT2D eigenvalue weighted by Gasteiger charge is -2.16. The van der Waals surface area contributed by atoms with Crippen molar-refractivity contribution >= 4 is 11.8 Å². The summed E-state index contributed by atoms with van der Waals surface area (Å²) in [7, 11) is 0. The second kappa shape index (κ2) is 7.43. The monoisotopic (exact) mass is 290 g/mol. The Morgan fingerprint density at radius 1 is 1.10 bits per heavy atom. The van der Waals surface area contributed by atoms with Gasteiger partial charge in [-0.05, 0) is 41.8 Å². The molecule has 0 fully saturated rings. The van der Waals surface area contributed by atoms with Crippen molar-refractivity contribution in [2.24, 2.45) is 5.84 Å². The second-order valence-corrected chi connectivity index (χ2v) is 5.67. The van der Waals surface area contributed by atoms with Gasteiger partial charge in [0, 0.05) is 10.6 Å². The first kappa shape index (κ1) is 15.0. The van der Waals surface area contributed by atoms with Gasteiger partial charge >= 0.3 is 0 Å². The Balaban J connectivity index is 1.99. The number of halogens is 1. The Labute approximate surface area is 123 Å². The van der Waals surface area contributed by atoms with Crippen molar-refractivity contribution in [3.8, 4) is 0 Å². The molecule has 0 amide bonds. The summed E-state index contributed by atoms with van der Waals surface area (Å²) in [5.41, 5.74) is 5.32. The molecule has 2 rings (SSSR count). The molecule has 0 aliphatic carbocycles. The van der Waals surface area contributed by atoms with E-state index in [-0.39, 0.29) is 11.9 Å². The number of thioether (sulfide) groups is 1. The first-order chi connectivity index (χ1) is 9.72. The van der Waals surface area contributed by atoms with E-state index in [1.807, 2.05) is 0 Å². The summed E-state index contributed by atoms with van der Waals surface area (Å²) < 4.78 is 12.8. The molecule has 0 aliphatic heterocycles. The maximum atomic E-state index is 12.8. The van der Waals surface area contributed by atoms with Crippen LogP contribution in [0.25, 0.3) is 0 Å². The maximum absolute atomic E-state index is 12.8. The van der Waals surface area contributed by atoms with Gasteiger partial charge in [-0.15, -0.1) is 11.8 Å². The largest absolute Gasteiger partial charge is 0.271 e. The summed E-state index contributed by atoms with van der Waals surface area (Å²) in [5, 5.41) is 0. The third-order valence-corrected chi connectivity index (χ3v) is 4.33. The van der Waals surface area contributed by atoms with E-state index in [0.717, 1.165) is 17.1 Å². The molecule has 0 saturated carbocycles. The fourth-order valence-corrected chi connectivity index (χ4v) is 2.91. The highest BCUT2D eigenvalue weighted by molar-refractivity contribution is 7.99. The van der Waals surface area contributed by atoms with Gasteiger partial charge in [0.1, 0.15) is 5.82 Å². The Kier molecular flexibility index (Phi) is 5.59. The topological polar surface area (TPSA) is 38.0 Å². The number of hydrogen-bond acceptors (Lipinski definition) is 3. The van der Waals surface area contributed by atoms with Gasteiger partial charge in [-0.25, -0.2) is 4.39 Å². The van der Waals surface area contributed by atoms with Crippen LogP contribution in [0.1, 0.15) is 24.1 Å². The third-order valence-electron chi connectivity index (χ3n) is 3.22. The smallest absolute Gasteiger partial charge is 0.123 e. The van der Waals surface area contributed by atoms with Crippen LogP contribution in [-0.2, 0) is 6.42 Å². The normalized spacial score (nSPS) is 12.3. The van der Waals surface area contributed by atoms with Gasteiger partial charge in [-0.3, -0.25) is 11.3 Å². The molecule has 2 aromatic rings. The van der Waals surface area contributed by atoms with E-state index < -0.39 is 0 Å². The highest BCUT2D eigenvalue weighted by atomic mass is 32.2. The van der Waals surface area contributed by atoms with Crippen LogP contribution in [-0.4, -0.2) is 5.75 Å². The van der Waals surface area contributed by atoms with Gasteiger partial charge in [0.05, 0.1) is 6.04 Å². The highest BCUT2D eigenvalue weighted by Gasteiger charge is 2.10. The zero-order chi connectivity index (χ0) is 14.4. The van der Waals surface area contributed by atoms with Crippen LogP contribution in [0.5, 0.6) is 0 Å². The quantitative estimate of drug-likeness (QED) is 0.484. The molecule has 0 aromatic heterocycles. The molecule has 3 N–H and O–H groups in total. The minimum absolute atomic E-state index is 0.0796. The first-order valence-corrected chi connectivity index (χ1v) is 7.65. The molecule has 1 atom stereocenters. The number of hydrazine groups is 1. The van der Waals surface area contributed by atoms with Crippen LogP contribution in [0.15, 0.2) is 53.4 Å². The fraction of sp³-hybridized carbons (Fsp3) is 0.250. The van der Waals surface area contributed by atoms with Crippen LogP contribution in [0.3, 0.4) is 0 Å². The van der Waals surface area contributed by atoms with Crippen LogP contribution in [0, 0.1) is 5.82 Å². The summed E-state index contributed by atoms with van der Waals surface area (Å²) in [6.45, 7) is 2.14. The van der Waals surface area contributed by atoms with E-state index in [1.165, 1.54) is 23.3 Å². The first-order valence-electron chi connectivity index (χ1n) is 6.66. The number of nitrogens with two attached hydrogens (primary N) is 1. The SMILES string of the molecule is CCc1ccc(C(CSc2ccc(F)cc2)NN)cc1. The number of nitrogens with one attached hydrogen (secondary N) is 1. The van der Waals surface area contributed by atoms with E-state index in [2.05, 4.69) is 36.6 Å². The van der Waals surface area contributed by atoms with Crippen molar-refractivity contribution in [2.75, 3.05) is 5.75 Å². The molecule has 0 aliphatic rings. The molecule has 106 valence electrons. The Morgan fingerprint density at radius 2 is 1.75 bits per heavy atom. The van der Waals surface area contributed by atoms with Crippen LogP contribution < -0.4 is 11.3 Å². The standard InChI is InChI=1S/C16H19FN2S/c1-2-12-3-5-13(6-4-12)16(19-18)11-20-15-9-7-14(17)8-10-15/h3-10,16,19H,2,11,18H2,1H3. The van der Waals surface area contributed by atoms with Crippen molar-refractivity contribution in [1.82, 2.24) is 5.43 Å². The Bertz CT molecular complexity index is 525. The van der Waals surface area contributed by atoms with E-state index in [0.29, 0.717) is 0 Å². The summed E-state index contributed by atoms with van der Waals surface area (Å²) >= 11 is 1.66. The predicted octanol–water partition coefficient (Wildman–Crippen LogP) is 3.68. The zero-order valence-corrected chi connectivity index (χ0v) is 12.3. The molecule has 0 radical (unpaired) electrons. The molecular formula is C16H19FN2S. The zero-order valence-electron chi connectivity index (χ0n) is 11.5. The van der Waals surface area contributed by atoms with Crippen molar-refractivity contribution in [2.45, 2.75) is 24.3 Å². The van der Waals surface area contributed by atoms with Crippen LogP contribution >= 0.6 is 11.8 Å².